The molecule has 1 N–H and O–H groups in total. The van der Waals surface area contributed by atoms with Crippen molar-refractivity contribution in [3.63, 3.8) is 0 Å². The molecule has 1 aliphatic heterocycles. The molecule has 3 rings (SSSR count). The van der Waals surface area contributed by atoms with Gasteiger partial charge in [-0.1, -0.05) is 17.7 Å². The number of hydrogen-bond donors (Lipinski definition) is 1. The van der Waals surface area contributed by atoms with Gasteiger partial charge in [-0.3, -0.25) is 4.79 Å². The van der Waals surface area contributed by atoms with Crippen LogP contribution in [0, 0.1) is 6.92 Å². The van der Waals surface area contributed by atoms with Gasteiger partial charge in [-0.2, -0.15) is 4.31 Å². The summed E-state index contributed by atoms with van der Waals surface area (Å²) in [6.45, 7) is 5.28. The number of carbonyl (C=O) groups is 1. The van der Waals surface area contributed by atoms with Crippen LogP contribution in [0.1, 0.15) is 12.0 Å². The molecule has 2 aromatic carbocycles. The fourth-order valence-electron chi connectivity index (χ4n) is 3.47. The predicted octanol–water partition coefficient (Wildman–Crippen LogP) is 2.50. The molecule has 1 aliphatic rings. The van der Waals surface area contributed by atoms with Crippen LogP contribution in [0.5, 0.6) is 0 Å². The number of ether oxygens (including phenoxy) is 2. The number of benzene rings is 2. The maximum atomic E-state index is 13.1. The van der Waals surface area contributed by atoms with Gasteiger partial charge in [-0.25, -0.2) is 8.42 Å². The Bertz CT molecular complexity index is 972. The van der Waals surface area contributed by atoms with Crippen LogP contribution in [0.15, 0.2) is 53.4 Å². The summed E-state index contributed by atoms with van der Waals surface area (Å²) in [5, 5.41) is 2.81. The number of nitrogens with zero attached hydrogens (tertiary/aromatic N) is 2. The van der Waals surface area contributed by atoms with Crippen molar-refractivity contribution in [1.29, 1.82) is 0 Å². The minimum atomic E-state index is -3.81. The molecule has 0 unspecified atom stereocenters. The molecule has 8 nitrogen and oxygen atoms in total. The van der Waals surface area contributed by atoms with Gasteiger partial charge in [0.2, 0.25) is 15.9 Å². The fraction of sp³-hybridized carbons (Fsp3) is 0.435. The number of methoxy groups -OCH3 is 1. The SMILES string of the molecule is COCCCN(CC(=O)Nc1ccc(N2CCOCC2)cc1)S(=O)(=O)c1ccc(C)cc1. The molecule has 0 radical (unpaired) electrons. The van der Waals surface area contributed by atoms with E-state index in [1.54, 1.807) is 31.4 Å². The summed E-state index contributed by atoms with van der Waals surface area (Å²) < 4.78 is 37.9. The van der Waals surface area contributed by atoms with Crippen molar-refractivity contribution in [3.8, 4) is 0 Å². The number of anilines is 2. The molecule has 174 valence electrons. The van der Waals surface area contributed by atoms with Gasteiger partial charge in [-0.05, 0) is 49.7 Å². The topological polar surface area (TPSA) is 88.2 Å². The van der Waals surface area contributed by atoms with Crippen LogP contribution in [0.4, 0.5) is 11.4 Å². The van der Waals surface area contributed by atoms with Crippen LogP contribution in [-0.2, 0) is 24.3 Å². The standard InChI is InChI=1S/C23H31N3O5S/c1-19-4-10-22(11-5-19)32(28,29)26(12-3-15-30-2)18-23(27)24-20-6-8-21(9-7-20)25-13-16-31-17-14-25/h4-11H,3,12-18H2,1-2H3,(H,24,27). The van der Waals surface area contributed by atoms with E-state index in [0.717, 1.165) is 24.3 Å². The second-order valence-electron chi connectivity index (χ2n) is 7.69. The molecule has 1 amide bonds. The first-order chi connectivity index (χ1) is 15.4. The van der Waals surface area contributed by atoms with Crippen LogP contribution < -0.4 is 10.2 Å². The Morgan fingerprint density at radius 1 is 1.09 bits per heavy atom. The number of hydrogen-bond acceptors (Lipinski definition) is 6. The molecule has 32 heavy (non-hydrogen) atoms. The van der Waals surface area contributed by atoms with Gasteiger partial charge in [0.05, 0.1) is 24.7 Å². The molecule has 2 aromatic rings. The van der Waals surface area contributed by atoms with Crippen molar-refractivity contribution in [2.24, 2.45) is 0 Å². The van der Waals surface area contributed by atoms with Gasteiger partial charge in [-0.15, -0.1) is 0 Å². The quantitative estimate of drug-likeness (QED) is 0.547. The zero-order valence-corrected chi connectivity index (χ0v) is 19.4. The monoisotopic (exact) mass is 461 g/mol. The van der Waals surface area contributed by atoms with Gasteiger partial charge >= 0.3 is 0 Å². The van der Waals surface area contributed by atoms with E-state index in [1.165, 1.54) is 4.31 Å². The molecule has 0 spiro atoms. The van der Waals surface area contributed by atoms with E-state index in [9.17, 15) is 13.2 Å². The lowest BCUT2D eigenvalue weighted by Gasteiger charge is -2.29. The first-order valence-corrected chi connectivity index (χ1v) is 12.1. The van der Waals surface area contributed by atoms with Gasteiger partial charge in [0, 0.05) is 44.7 Å². The van der Waals surface area contributed by atoms with Crippen molar-refractivity contribution in [3.05, 3.63) is 54.1 Å². The lowest BCUT2D eigenvalue weighted by molar-refractivity contribution is -0.116. The molecule has 0 bridgehead atoms. The lowest BCUT2D eigenvalue weighted by atomic mass is 10.2. The summed E-state index contributed by atoms with van der Waals surface area (Å²) in [5.41, 5.74) is 2.65. The van der Waals surface area contributed by atoms with Crippen molar-refractivity contribution >= 4 is 27.3 Å². The summed E-state index contributed by atoms with van der Waals surface area (Å²) in [5.74, 6) is -0.391. The van der Waals surface area contributed by atoms with Gasteiger partial charge in [0.1, 0.15) is 0 Å². The maximum absolute atomic E-state index is 13.1. The number of amides is 1. The Kier molecular flexibility index (Phi) is 8.63. The van der Waals surface area contributed by atoms with Gasteiger partial charge in [0.25, 0.3) is 0 Å². The van der Waals surface area contributed by atoms with E-state index in [-0.39, 0.29) is 18.0 Å². The third-order valence-electron chi connectivity index (χ3n) is 5.26. The molecule has 1 saturated heterocycles. The number of carbonyl (C=O) groups excluding carboxylic acids is 1. The first-order valence-electron chi connectivity index (χ1n) is 10.7. The summed E-state index contributed by atoms with van der Waals surface area (Å²) in [6.07, 6.45) is 0.489. The largest absolute Gasteiger partial charge is 0.385 e. The Balaban J connectivity index is 1.67. The highest BCUT2D eigenvalue weighted by atomic mass is 32.2. The third-order valence-corrected chi connectivity index (χ3v) is 7.12. The molecule has 1 heterocycles. The molecular weight excluding hydrogens is 430 g/mol. The van der Waals surface area contributed by atoms with E-state index in [4.69, 9.17) is 9.47 Å². The highest BCUT2D eigenvalue weighted by Crippen LogP contribution is 2.20. The average molecular weight is 462 g/mol. The first kappa shape index (κ1) is 24.2. The van der Waals surface area contributed by atoms with E-state index in [0.29, 0.717) is 31.9 Å². The third kappa shape index (κ3) is 6.52. The second-order valence-corrected chi connectivity index (χ2v) is 9.63. The maximum Gasteiger partial charge on any atom is 0.243 e. The van der Waals surface area contributed by atoms with Crippen molar-refractivity contribution in [2.75, 3.05) is 63.3 Å². The van der Waals surface area contributed by atoms with E-state index < -0.39 is 15.9 Å². The van der Waals surface area contributed by atoms with E-state index in [1.807, 2.05) is 31.2 Å². The molecule has 0 aliphatic carbocycles. The Morgan fingerprint density at radius 2 is 1.75 bits per heavy atom. The molecule has 0 saturated carbocycles. The van der Waals surface area contributed by atoms with Gasteiger partial charge in [0.15, 0.2) is 0 Å². The van der Waals surface area contributed by atoms with Crippen molar-refractivity contribution in [2.45, 2.75) is 18.2 Å². The van der Waals surface area contributed by atoms with Crippen LogP contribution in [0.2, 0.25) is 0 Å². The molecule has 0 atom stereocenters. The number of nitrogens with one attached hydrogen (secondary N) is 1. The molecule has 1 fully saturated rings. The summed E-state index contributed by atoms with van der Waals surface area (Å²) in [6, 6.07) is 14.2. The Morgan fingerprint density at radius 3 is 2.38 bits per heavy atom. The Hall–Kier alpha value is -2.46. The zero-order chi connectivity index (χ0) is 23.0. The Labute approximate surface area is 190 Å². The van der Waals surface area contributed by atoms with E-state index >= 15 is 0 Å². The summed E-state index contributed by atoms with van der Waals surface area (Å²) in [7, 11) is -2.25. The summed E-state index contributed by atoms with van der Waals surface area (Å²) >= 11 is 0. The predicted molar refractivity (Wildman–Crippen MR) is 125 cm³/mol. The highest BCUT2D eigenvalue weighted by molar-refractivity contribution is 7.89. The second kappa shape index (κ2) is 11.4. The minimum Gasteiger partial charge on any atom is -0.385 e. The minimum absolute atomic E-state index is 0.170. The van der Waals surface area contributed by atoms with Crippen molar-refractivity contribution in [1.82, 2.24) is 4.31 Å². The van der Waals surface area contributed by atoms with Crippen LogP contribution in [0.25, 0.3) is 0 Å². The number of aryl methyl sites for hydroxylation is 1. The number of morpholine rings is 1. The summed E-state index contributed by atoms with van der Waals surface area (Å²) in [4.78, 5) is 15.1. The highest BCUT2D eigenvalue weighted by Gasteiger charge is 2.26. The molecule has 9 heteroatoms. The molecular formula is C23H31N3O5S. The fourth-order valence-corrected chi connectivity index (χ4v) is 4.90. The smallest absolute Gasteiger partial charge is 0.243 e. The number of rotatable bonds is 10. The molecule has 0 aromatic heterocycles. The van der Waals surface area contributed by atoms with Crippen molar-refractivity contribution < 1.29 is 22.7 Å². The van der Waals surface area contributed by atoms with Crippen LogP contribution >= 0.6 is 0 Å². The van der Waals surface area contributed by atoms with Gasteiger partial charge < -0.3 is 19.7 Å². The average Bonchev–Trinajstić information content (AvgIpc) is 2.80. The van der Waals surface area contributed by atoms with Crippen LogP contribution in [0.3, 0.4) is 0 Å². The van der Waals surface area contributed by atoms with E-state index in [2.05, 4.69) is 10.2 Å². The lowest BCUT2D eigenvalue weighted by Crippen LogP contribution is -2.39. The number of sulfonamides is 1. The normalized spacial score (nSPS) is 14.5. The van der Waals surface area contributed by atoms with Crippen LogP contribution in [-0.4, -0.2) is 71.7 Å². The zero-order valence-electron chi connectivity index (χ0n) is 18.6.